The number of aromatic nitrogens is 2. The Morgan fingerprint density at radius 2 is 2.24 bits per heavy atom. The van der Waals surface area contributed by atoms with Crippen molar-refractivity contribution in [3.63, 3.8) is 0 Å². The highest BCUT2D eigenvalue weighted by Gasteiger charge is 2.09. The van der Waals surface area contributed by atoms with Crippen LogP contribution in [0.1, 0.15) is 16.8 Å². The minimum absolute atomic E-state index is 0.101. The molecular formula is C14H16N4O2S. The van der Waals surface area contributed by atoms with Crippen LogP contribution >= 0.6 is 12.2 Å². The third-order valence-corrected chi connectivity index (χ3v) is 3.14. The van der Waals surface area contributed by atoms with Crippen molar-refractivity contribution in [2.24, 2.45) is 5.73 Å². The third kappa shape index (κ3) is 4.03. The summed E-state index contributed by atoms with van der Waals surface area (Å²) in [5, 5.41) is 9.45. The number of hydrogen-bond acceptors (Lipinski definition) is 4. The Hall–Kier alpha value is -2.41. The predicted molar refractivity (Wildman–Crippen MR) is 83.0 cm³/mol. The molecule has 2 aromatic rings. The summed E-state index contributed by atoms with van der Waals surface area (Å²) in [7, 11) is 0. The average molecular weight is 304 g/mol. The first-order valence-electron chi connectivity index (χ1n) is 6.35. The van der Waals surface area contributed by atoms with Crippen LogP contribution in [0, 0.1) is 6.92 Å². The number of thiocarbonyl (C=S) groups is 1. The highest BCUT2D eigenvalue weighted by Crippen LogP contribution is 2.17. The zero-order valence-electron chi connectivity index (χ0n) is 11.6. The van der Waals surface area contributed by atoms with Crippen molar-refractivity contribution < 1.29 is 9.53 Å². The Balaban J connectivity index is 1.87. The number of benzene rings is 1. The van der Waals surface area contributed by atoms with Crippen LogP contribution in [0.4, 0.5) is 0 Å². The summed E-state index contributed by atoms with van der Waals surface area (Å²) in [5.74, 6) is 0.271. The number of para-hydroxylation sites is 1. The van der Waals surface area contributed by atoms with Crippen molar-refractivity contribution in [2.45, 2.75) is 13.5 Å². The van der Waals surface area contributed by atoms with Crippen LogP contribution in [0.3, 0.4) is 0 Å². The van der Waals surface area contributed by atoms with Gasteiger partial charge in [0.1, 0.15) is 10.7 Å². The van der Waals surface area contributed by atoms with Gasteiger partial charge in [-0.05, 0) is 19.1 Å². The maximum absolute atomic E-state index is 11.8. The molecule has 21 heavy (non-hydrogen) atoms. The summed E-state index contributed by atoms with van der Waals surface area (Å²) in [6.07, 6.45) is 1.68. The van der Waals surface area contributed by atoms with Crippen LogP contribution in [-0.2, 0) is 11.3 Å². The van der Waals surface area contributed by atoms with Crippen LogP contribution in [0.5, 0.6) is 5.75 Å². The number of amides is 1. The molecule has 0 aliphatic rings. The highest BCUT2D eigenvalue weighted by atomic mass is 32.1. The zero-order chi connectivity index (χ0) is 15.2. The number of ether oxygens (including phenoxy) is 1. The number of nitrogens with zero attached hydrogens (tertiary/aromatic N) is 1. The summed E-state index contributed by atoms with van der Waals surface area (Å²) in [6.45, 7) is 2.20. The van der Waals surface area contributed by atoms with Crippen molar-refractivity contribution in [2.75, 3.05) is 6.61 Å². The molecule has 0 saturated heterocycles. The maximum Gasteiger partial charge on any atom is 0.258 e. The zero-order valence-corrected chi connectivity index (χ0v) is 12.4. The highest BCUT2D eigenvalue weighted by molar-refractivity contribution is 7.80. The molecule has 1 heterocycles. The second kappa shape index (κ2) is 6.85. The van der Waals surface area contributed by atoms with Gasteiger partial charge in [0.15, 0.2) is 6.61 Å². The van der Waals surface area contributed by atoms with E-state index in [1.54, 1.807) is 24.4 Å². The molecule has 6 nitrogen and oxygen atoms in total. The molecule has 1 amide bonds. The van der Waals surface area contributed by atoms with E-state index < -0.39 is 0 Å². The molecule has 0 bridgehead atoms. The quantitative estimate of drug-likeness (QED) is 0.694. The number of hydrogen-bond donors (Lipinski definition) is 3. The van der Waals surface area contributed by atoms with E-state index in [1.807, 2.05) is 13.0 Å². The summed E-state index contributed by atoms with van der Waals surface area (Å²) >= 11 is 4.94. The molecular weight excluding hydrogens is 288 g/mol. The molecule has 1 aromatic heterocycles. The number of nitrogens with two attached hydrogens (primary N) is 1. The molecule has 110 valence electrons. The average Bonchev–Trinajstić information content (AvgIpc) is 2.88. The fourth-order valence-electron chi connectivity index (χ4n) is 1.74. The van der Waals surface area contributed by atoms with E-state index >= 15 is 0 Å². The molecule has 0 aliphatic carbocycles. The van der Waals surface area contributed by atoms with Crippen molar-refractivity contribution in [1.29, 1.82) is 0 Å². The Labute approximate surface area is 127 Å². The first-order valence-corrected chi connectivity index (χ1v) is 6.76. The molecule has 0 aliphatic heterocycles. The lowest BCUT2D eigenvalue weighted by Gasteiger charge is -2.10. The molecule has 0 saturated carbocycles. The topological polar surface area (TPSA) is 93.0 Å². The molecule has 7 heteroatoms. The van der Waals surface area contributed by atoms with Gasteiger partial charge < -0.3 is 15.8 Å². The number of aryl methyl sites for hydroxylation is 1. The molecule has 0 fully saturated rings. The standard InChI is InChI=1S/C14H16N4O2S/c1-9-10(7-17-18-9)6-16-13(19)8-20-12-5-3-2-4-11(12)14(15)21/h2-5,7H,6,8H2,1H3,(H2,15,21)(H,16,19)(H,17,18). The van der Waals surface area contributed by atoms with Crippen LogP contribution in [-0.4, -0.2) is 27.7 Å². The van der Waals surface area contributed by atoms with Gasteiger partial charge in [-0.25, -0.2) is 0 Å². The lowest BCUT2D eigenvalue weighted by Crippen LogP contribution is -2.29. The minimum Gasteiger partial charge on any atom is -0.483 e. The Kier molecular flexibility index (Phi) is 4.89. The summed E-state index contributed by atoms with van der Waals surface area (Å²) in [4.78, 5) is 12.0. The van der Waals surface area contributed by atoms with E-state index in [0.717, 1.165) is 11.3 Å². The Morgan fingerprint density at radius 3 is 2.90 bits per heavy atom. The van der Waals surface area contributed by atoms with Crippen molar-refractivity contribution in [3.8, 4) is 5.75 Å². The fourth-order valence-corrected chi connectivity index (χ4v) is 1.91. The van der Waals surface area contributed by atoms with Crippen molar-refractivity contribution in [3.05, 3.63) is 47.3 Å². The van der Waals surface area contributed by atoms with Gasteiger partial charge in [-0.2, -0.15) is 5.10 Å². The summed E-state index contributed by atoms with van der Waals surface area (Å²) < 4.78 is 5.46. The van der Waals surface area contributed by atoms with E-state index in [4.69, 9.17) is 22.7 Å². The lowest BCUT2D eigenvalue weighted by molar-refractivity contribution is -0.123. The van der Waals surface area contributed by atoms with Crippen molar-refractivity contribution in [1.82, 2.24) is 15.5 Å². The molecule has 1 aromatic carbocycles. The maximum atomic E-state index is 11.8. The number of rotatable bonds is 6. The molecule has 2 rings (SSSR count). The summed E-state index contributed by atoms with van der Waals surface area (Å²) in [5.41, 5.74) is 8.08. The Morgan fingerprint density at radius 1 is 1.48 bits per heavy atom. The van der Waals surface area contributed by atoms with Gasteiger partial charge >= 0.3 is 0 Å². The Bertz CT molecular complexity index is 654. The van der Waals surface area contributed by atoms with Gasteiger partial charge in [-0.15, -0.1) is 0 Å². The van der Waals surface area contributed by atoms with Gasteiger partial charge in [0, 0.05) is 17.8 Å². The number of nitrogens with one attached hydrogen (secondary N) is 2. The van der Waals surface area contributed by atoms with E-state index in [9.17, 15) is 4.79 Å². The van der Waals surface area contributed by atoms with E-state index in [1.165, 1.54) is 0 Å². The first kappa shape index (κ1) is 15.0. The molecule has 0 radical (unpaired) electrons. The fraction of sp³-hybridized carbons (Fsp3) is 0.214. The second-order valence-corrected chi connectivity index (χ2v) is 4.89. The van der Waals surface area contributed by atoms with Gasteiger partial charge in [-0.1, -0.05) is 24.4 Å². The number of H-pyrrole nitrogens is 1. The predicted octanol–water partition coefficient (Wildman–Crippen LogP) is 1.05. The van der Waals surface area contributed by atoms with Gasteiger partial charge in [0.2, 0.25) is 0 Å². The molecule has 0 spiro atoms. The molecule has 0 atom stereocenters. The van der Waals surface area contributed by atoms with Crippen LogP contribution in [0.15, 0.2) is 30.5 Å². The van der Waals surface area contributed by atoms with Crippen LogP contribution in [0.25, 0.3) is 0 Å². The number of aromatic amines is 1. The molecule has 0 unspecified atom stereocenters. The van der Waals surface area contributed by atoms with E-state index in [0.29, 0.717) is 17.9 Å². The van der Waals surface area contributed by atoms with Gasteiger partial charge in [-0.3, -0.25) is 9.89 Å². The van der Waals surface area contributed by atoms with Gasteiger partial charge in [0.25, 0.3) is 5.91 Å². The van der Waals surface area contributed by atoms with Gasteiger partial charge in [0.05, 0.1) is 11.8 Å². The monoisotopic (exact) mass is 304 g/mol. The lowest BCUT2D eigenvalue weighted by atomic mass is 10.2. The SMILES string of the molecule is Cc1[nH]ncc1CNC(=O)COc1ccccc1C(N)=S. The number of carbonyl (C=O) groups is 1. The first-order chi connectivity index (χ1) is 10.1. The number of carbonyl (C=O) groups excluding carboxylic acids is 1. The van der Waals surface area contributed by atoms with Crippen molar-refractivity contribution >= 4 is 23.1 Å². The van der Waals surface area contributed by atoms with E-state index in [2.05, 4.69) is 15.5 Å². The smallest absolute Gasteiger partial charge is 0.258 e. The normalized spacial score (nSPS) is 10.1. The summed E-state index contributed by atoms with van der Waals surface area (Å²) in [6, 6.07) is 7.08. The minimum atomic E-state index is -0.228. The van der Waals surface area contributed by atoms with E-state index in [-0.39, 0.29) is 17.5 Å². The largest absolute Gasteiger partial charge is 0.483 e. The third-order valence-electron chi connectivity index (χ3n) is 2.92. The molecule has 4 N–H and O–H groups in total. The van der Waals surface area contributed by atoms with Crippen LogP contribution in [0.2, 0.25) is 0 Å². The van der Waals surface area contributed by atoms with Crippen LogP contribution < -0.4 is 15.8 Å². The second-order valence-electron chi connectivity index (χ2n) is 4.45.